The van der Waals surface area contributed by atoms with Crippen molar-refractivity contribution in [3.8, 4) is 0 Å². The van der Waals surface area contributed by atoms with Crippen LogP contribution in [-0.4, -0.2) is 26.1 Å². The number of rotatable bonds is 3. The summed E-state index contributed by atoms with van der Waals surface area (Å²) >= 11 is 2.91. The van der Waals surface area contributed by atoms with Crippen molar-refractivity contribution in [1.82, 2.24) is 4.98 Å². The molecule has 1 aromatic heterocycles. The molecule has 7 nitrogen and oxygen atoms in total. The van der Waals surface area contributed by atoms with Crippen molar-refractivity contribution in [2.75, 3.05) is 0 Å². The van der Waals surface area contributed by atoms with Crippen LogP contribution in [0.25, 0.3) is 0 Å². The van der Waals surface area contributed by atoms with E-state index in [0.717, 1.165) is 6.07 Å². The Morgan fingerprint density at radius 1 is 1.60 bits per heavy atom. The zero-order valence-corrected chi connectivity index (χ0v) is 8.71. The van der Waals surface area contributed by atoms with Crippen LogP contribution in [0.4, 0.5) is 5.82 Å². The summed E-state index contributed by atoms with van der Waals surface area (Å²) in [6.07, 6.45) is -1.95. The minimum atomic E-state index is -1.95. The van der Waals surface area contributed by atoms with E-state index in [1.165, 1.54) is 6.07 Å². The maximum Gasteiger partial charge on any atom is 0.371 e. The first-order chi connectivity index (χ1) is 6.93. The summed E-state index contributed by atoms with van der Waals surface area (Å²) in [4.78, 5) is 23.6. The average molecular weight is 277 g/mol. The number of carboxylic acid groups (broad SMARTS) is 1. The molecule has 0 saturated heterocycles. The van der Waals surface area contributed by atoms with Gasteiger partial charge in [0, 0.05) is 15.9 Å². The number of nitrogens with zero attached hydrogens (tertiary/aromatic N) is 2. The van der Waals surface area contributed by atoms with Gasteiger partial charge >= 0.3 is 11.8 Å². The lowest BCUT2D eigenvalue weighted by molar-refractivity contribution is -0.390. The molecule has 0 bridgehead atoms. The fourth-order valence-electron chi connectivity index (χ4n) is 0.929. The number of nitro groups is 1. The Morgan fingerprint density at radius 2 is 2.20 bits per heavy atom. The Morgan fingerprint density at radius 3 is 2.67 bits per heavy atom. The molecule has 0 radical (unpaired) electrons. The summed E-state index contributed by atoms with van der Waals surface area (Å²) < 4.78 is 0.190. The van der Waals surface area contributed by atoms with Gasteiger partial charge in [0.05, 0.1) is 5.56 Å². The quantitative estimate of drug-likeness (QED) is 0.481. The zero-order chi connectivity index (χ0) is 11.6. The third-order valence-electron chi connectivity index (χ3n) is 1.57. The number of hydrogen-bond donors (Lipinski definition) is 2. The lowest BCUT2D eigenvalue weighted by Crippen LogP contribution is -2.13. The van der Waals surface area contributed by atoms with Gasteiger partial charge in [0.25, 0.3) is 0 Å². The van der Waals surface area contributed by atoms with E-state index >= 15 is 0 Å². The third kappa shape index (κ3) is 2.48. The standard InChI is InChI=1S/C7H5BrN2O5/c8-4-2-1-3(5(11)7(12)13)6(9-4)10(14)15/h1-2,5,11H,(H,12,13). The molecule has 0 aliphatic rings. The summed E-state index contributed by atoms with van der Waals surface area (Å²) in [6, 6.07) is 2.45. The van der Waals surface area contributed by atoms with E-state index in [1.807, 2.05) is 0 Å². The highest BCUT2D eigenvalue weighted by atomic mass is 79.9. The molecule has 8 heteroatoms. The number of hydrogen-bond acceptors (Lipinski definition) is 5. The maximum atomic E-state index is 10.5. The predicted octanol–water partition coefficient (Wildman–Crippen LogP) is 0.870. The highest BCUT2D eigenvalue weighted by molar-refractivity contribution is 9.10. The van der Waals surface area contributed by atoms with Gasteiger partial charge in [-0.25, -0.2) is 4.79 Å². The molecule has 80 valence electrons. The number of halogens is 1. The van der Waals surface area contributed by atoms with Gasteiger partial charge in [0.2, 0.25) is 4.60 Å². The molecule has 0 aliphatic heterocycles. The minimum Gasteiger partial charge on any atom is -0.479 e. The largest absolute Gasteiger partial charge is 0.479 e. The summed E-state index contributed by atoms with van der Waals surface area (Å²) in [5, 5.41) is 28.2. The van der Waals surface area contributed by atoms with Crippen LogP contribution in [0, 0.1) is 10.1 Å². The fourth-order valence-corrected chi connectivity index (χ4v) is 1.23. The summed E-state index contributed by atoms with van der Waals surface area (Å²) in [5.41, 5.74) is -0.351. The predicted molar refractivity (Wildman–Crippen MR) is 51.2 cm³/mol. The van der Waals surface area contributed by atoms with Crippen molar-refractivity contribution in [1.29, 1.82) is 0 Å². The van der Waals surface area contributed by atoms with Crippen molar-refractivity contribution < 1.29 is 19.9 Å². The van der Waals surface area contributed by atoms with Crippen LogP contribution in [0.1, 0.15) is 11.7 Å². The number of aromatic nitrogens is 1. The Labute approximate surface area is 91.7 Å². The smallest absolute Gasteiger partial charge is 0.371 e. The Bertz CT molecular complexity index is 422. The first-order valence-electron chi connectivity index (χ1n) is 3.65. The van der Waals surface area contributed by atoms with Gasteiger partial charge < -0.3 is 20.3 Å². The van der Waals surface area contributed by atoms with E-state index in [0.29, 0.717) is 0 Å². The Balaban J connectivity index is 3.28. The second-order valence-corrected chi connectivity index (χ2v) is 3.36. The molecule has 1 rings (SSSR count). The first kappa shape index (κ1) is 11.5. The van der Waals surface area contributed by atoms with E-state index in [1.54, 1.807) is 0 Å². The molecular weight excluding hydrogens is 272 g/mol. The summed E-state index contributed by atoms with van der Waals surface area (Å²) in [6.45, 7) is 0. The third-order valence-corrected chi connectivity index (χ3v) is 2.01. The number of carboxylic acids is 1. The average Bonchev–Trinajstić information content (AvgIpc) is 2.16. The second kappa shape index (κ2) is 4.32. The van der Waals surface area contributed by atoms with E-state index in [9.17, 15) is 14.9 Å². The molecule has 0 spiro atoms. The molecule has 1 unspecified atom stereocenters. The lowest BCUT2D eigenvalue weighted by Gasteiger charge is -2.05. The summed E-state index contributed by atoms with van der Waals surface area (Å²) in [5.74, 6) is -2.25. The molecule has 0 aromatic carbocycles. The van der Waals surface area contributed by atoms with Gasteiger partial charge in [0.15, 0.2) is 6.10 Å². The van der Waals surface area contributed by atoms with Crippen molar-refractivity contribution in [3.05, 3.63) is 32.4 Å². The van der Waals surface area contributed by atoms with Crippen LogP contribution < -0.4 is 0 Å². The van der Waals surface area contributed by atoms with Crippen molar-refractivity contribution >= 4 is 27.7 Å². The molecule has 1 atom stereocenters. The molecular formula is C7H5BrN2O5. The normalized spacial score (nSPS) is 12.1. The monoisotopic (exact) mass is 276 g/mol. The first-order valence-corrected chi connectivity index (χ1v) is 4.44. The molecule has 0 amide bonds. The molecule has 2 N–H and O–H groups in total. The molecule has 0 saturated carbocycles. The lowest BCUT2D eigenvalue weighted by atomic mass is 10.1. The highest BCUT2D eigenvalue weighted by Crippen LogP contribution is 2.25. The fraction of sp³-hybridized carbons (Fsp3) is 0.143. The Hall–Kier alpha value is -1.54. The SMILES string of the molecule is O=C(O)C(O)c1ccc(Br)nc1[N+](=O)[O-]. The van der Waals surface area contributed by atoms with Gasteiger partial charge in [-0.2, -0.15) is 0 Å². The second-order valence-electron chi connectivity index (χ2n) is 2.54. The molecule has 0 fully saturated rings. The van der Waals surface area contributed by atoms with Crippen LogP contribution in [-0.2, 0) is 4.79 Å². The van der Waals surface area contributed by atoms with Crippen molar-refractivity contribution in [2.24, 2.45) is 0 Å². The van der Waals surface area contributed by atoms with E-state index < -0.39 is 22.8 Å². The maximum absolute atomic E-state index is 10.5. The number of aliphatic hydroxyl groups is 1. The Kier molecular flexibility index (Phi) is 3.32. The van der Waals surface area contributed by atoms with Crippen molar-refractivity contribution in [3.63, 3.8) is 0 Å². The van der Waals surface area contributed by atoms with Crippen molar-refractivity contribution in [2.45, 2.75) is 6.10 Å². The van der Waals surface area contributed by atoms with Gasteiger partial charge in [-0.05, 0) is 22.0 Å². The minimum absolute atomic E-state index is 0.190. The number of carbonyl (C=O) groups is 1. The van der Waals surface area contributed by atoms with E-state index in [-0.39, 0.29) is 10.2 Å². The van der Waals surface area contributed by atoms with Crippen LogP contribution in [0.5, 0.6) is 0 Å². The van der Waals surface area contributed by atoms with Gasteiger partial charge in [-0.1, -0.05) is 0 Å². The zero-order valence-electron chi connectivity index (χ0n) is 7.12. The number of pyridine rings is 1. The van der Waals surface area contributed by atoms with E-state index in [2.05, 4.69) is 20.9 Å². The van der Waals surface area contributed by atoms with Gasteiger partial charge in [-0.15, -0.1) is 0 Å². The number of aliphatic carboxylic acids is 1. The van der Waals surface area contributed by atoms with Gasteiger partial charge in [0.1, 0.15) is 0 Å². The molecule has 15 heavy (non-hydrogen) atoms. The van der Waals surface area contributed by atoms with Gasteiger partial charge in [-0.3, -0.25) is 0 Å². The number of aliphatic hydroxyl groups excluding tert-OH is 1. The molecule has 0 aliphatic carbocycles. The van der Waals surface area contributed by atoms with Crippen LogP contribution >= 0.6 is 15.9 Å². The van der Waals surface area contributed by atoms with Crippen LogP contribution in [0.15, 0.2) is 16.7 Å². The molecule has 1 heterocycles. The van der Waals surface area contributed by atoms with Crippen LogP contribution in [0.3, 0.4) is 0 Å². The topological polar surface area (TPSA) is 114 Å². The van der Waals surface area contributed by atoms with E-state index in [4.69, 9.17) is 10.2 Å². The summed E-state index contributed by atoms with van der Waals surface area (Å²) in [7, 11) is 0. The molecule has 1 aromatic rings. The highest BCUT2D eigenvalue weighted by Gasteiger charge is 2.27. The van der Waals surface area contributed by atoms with Crippen LogP contribution in [0.2, 0.25) is 0 Å².